The Morgan fingerprint density at radius 1 is 0.718 bits per heavy atom. The maximum atomic E-state index is 13.1. The second-order valence-corrected chi connectivity index (χ2v) is 8.73. The lowest BCUT2D eigenvalue weighted by atomic mass is 9.96. The van der Waals surface area contributed by atoms with E-state index in [0.29, 0.717) is 0 Å². The fraction of sp³-hybridized carbons (Fsp3) is 0.241. The maximum Gasteiger partial charge on any atom is 0.338 e. The van der Waals surface area contributed by atoms with Crippen LogP contribution in [0.4, 0.5) is 0 Å². The first-order chi connectivity index (χ1) is 18.8. The number of aliphatic hydroxyl groups excluding tert-OH is 1. The normalized spacial score (nSPS) is 22.3. The number of rotatable bonds is 8. The molecule has 0 aromatic heterocycles. The van der Waals surface area contributed by atoms with Gasteiger partial charge in [0.25, 0.3) is 0 Å². The molecule has 10 heteroatoms. The zero-order chi connectivity index (χ0) is 27.8. The van der Waals surface area contributed by atoms with Crippen molar-refractivity contribution in [3.63, 3.8) is 0 Å². The molecule has 4 rings (SSSR count). The molecule has 1 amide bonds. The molecule has 0 spiro atoms. The fourth-order valence-electron chi connectivity index (χ4n) is 4.07. The van der Waals surface area contributed by atoms with Crippen molar-refractivity contribution in [2.75, 3.05) is 6.61 Å². The molecule has 2 N–H and O–H groups in total. The van der Waals surface area contributed by atoms with Gasteiger partial charge in [0, 0.05) is 6.92 Å². The van der Waals surface area contributed by atoms with Crippen molar-refractivity contribution in [3.8, 4) is 0 Å². The van der Waals surface area contributed by atoms with Crippen molar-refractivity contribution < 1.29 is 43.2 Å². The van der Waals surface area contributed by atoms with Gasteiger partial charge < -0.3 is 29.4 Å². The molecule has 1 aliphatic heterocycles. The highest BCUT2D eigenvalue weighted by molar-refractivity contribution is 5.91. The van der Waals surface area contributed by atoms with Crippen LogP contribution < -0.4 is 5.32 Å². The third-order valence-corrected chi connectivity index (χ3v) is 5.93. The Morgan fingerprint density at radius 3 is 1.62 bits per heavy atom. The van der Waals surface area contributed by atoms with Gasteiger partial charge in [-0.2, -0.15) is 0 Å². The Balaban J connectivity index is 1.64. The molecule has 1 fully saturated rings. The highest BCUT2D eigenvalue weighted by atomic mass is 16.7. The number of amides is 1. The lowest BCUT2D eigenvalue weighted by molar-refractivity contribution is -0.253. The van der Waals surface area contributed by atoms with Gasteiger partial charge in [-0.3, -0.25) is 4.79 Å². The Morgan fingerprint density at radius 2 is 1.15 bits per heavy atom. The topological polar surface area (TPSA) is 137 Å². The summed E-state index contributed by atoms with van der Waals surface area (Å²) >= 11 is 0. The predicted octanol–water partition coefficient (Wildman–Crippen LogP) is 2.52. The number of hydrogen-bond acceptors (Lipinski definition) is 9. The number of esters is 3. The fourth-order valence-corrected chi connectivity index (χ4v) is 4.07. The van der Waals surface area contributed by atoms with Crippen molar-refractivity contribution in [3.05, 3.63) is 108 Å². The maximum absolute atomic E-state index is 13.1. The smallest absolute Gasteiger partial charge is 0.338 e. The summed E-state index contributed by atoms with van der Waals surface area (Å²) < 4.78 is 22.5. The van der Waals surface area contributed by atoms with Crippen LogP contribution >= 0.6 is 0 Å². The van der Waals surface area contributed by atoms with Crippen LogP contribution in [0.1, 0.15) is 38.0 Å². The summed E-state index contributed by atoms with van der Waals surface area (Å²) in [7, 11) is 0. The van der Waals surface area contributed by atoms with E-state index in [1.807, 2.05) is 0 Å². The van der Waals surface area contributed by atoms with Crippen LogP contribution in [0.5, 0.6) is 0 Å². The van der Waals surface area contributed by atoms with Crippen LogP contribution in [0.2, 0.25) is 0 Å². The molecular weight excluding hydrogens is 506 g/mol. The number of carbonyl (C=O) groups excluding carboxylic acids is 4. The molecule has 0 saturated carbocycles. The Labute approximate surface area is 224 Å². The van der Waals surface area contributed by atoms with Crippen molar-refractivity contribution >= 4 is 23.8 Å². The average molecular weight is 534 g/mol. The summed E-state index contributed by atoms with van der Waals surface area (Å²) in [5, 5.41) is 13.3. The first kappa shape index (κ1) is 27.5. The van der Waals surface area contributed by atoms with Crippen molar-refractivity contribution in [2.24, 2.45) is 0 Å². The molecule has 0 aliphatic carbocycles. The van der Waals surface area contributed by atoms with Gasteiger partial charge in [0.05, 0.1) is 16.7 Å². The minimum absolute atomic E-state index is 0.195. The van der Waals surface area contributed by atoms with Gasteiger partial charge in [-0.25, -0.2) is 14.4 Å². The number of nitrogens with one attached hydrogen (secondary N) is 1. The lowest BCUT2D eigenvalue weighted by Gasteiger charge is -2.43. The largest absolute Gasteiger partial charge is 0.459 e. The van der Waals surface area contributed by atoms with Crippen LogP contribution in [0.15, 0.2) is 91.0 Å². The van der Waals surface area contributed by atoms with E-state index in [4.69, 9.17) is 18.9 Å². The molecule has 0 radical (unpaired) electrons. The highest BCUT2D eigenvalue weighted by Gasteiger charge is 2.51. The van der Waals surface area contributed by atoms with Gasteiger partial charge in [0.15, 0.2) is 18.5 Å². The van der Waals surface area contributed by atoms with E-state index in [9.17, 15) is 24.3 Å². The van der Waals surface area contributed by atoms with E-state index in [-0.39, 0.29) is 16.7 Å². The van der Waals surface area contributed by atoms with Crippen LogP contribution in [0.3, 0.4) is 0 Å². The lowest BCUT2D eigenvalue weighted by Crippen LogP contribution is -2.66. The summed E-state index contributed by atoms with van der Waals surface area (Å²) in [5.41, 5.74) is 0.669. The zero-order valence-electron chi connectivity index (χ0n) is 21.0. The number of benzene rings is 3. The molecule has 202 valence electrons. The molecule has 3 aromatic rings. The molecule has 5 atom stereocenters. The van der Waals surface area contributed by atoms with Crippen LogP contribution in [-0.4, -0.2) is 66.2 Å². The molecule has 0 bridgehead atoms. The summed E-state index contributed by atoms with van der Waals surface area (Å²) in [4.78, 5) is 50.6. The Bertz CT molecular complexity index is 1280. The highest BCUT2D eigenvalue weighted by Crippen LogP contribution is 2.28. The van der Waals surface area contributed by atoms with Crippen molar-refractivity contribution in [1.82, 2.24) is 5.32 Å². The van der Waals surface area contributed by atoms with Crippen molar-refractivity contribution in [2.45, 2.75) is 37.6 Å². The Hall–Kier alpha value is -4.54. The van der Waals surface area contributed by atoms with Crippen LogP contribution in [0.25, 0.3) is 0 Å². The van der Waals surface area contributed by atoms with E-state index in [1.54, 1.807) is 66.7 Å². The molecule has 1 saturated heterocycles. The number of hydrogen-bond donors (Lipinski definition) is 2. The monoisotopic (exact) mass is 533 g/mol. The summed E-state index contributed by atoms with van der Waals surface area (Å²) in [6.07, 6.45) is -5.72. The average Bonchev–Trinajstić information content (AvgIpc) is 2.96. The summed E-state index contributed by atoms with van der Waals surface area (Å²) in [6, 6.07) is 23.0. The molecular formula is C29H27NO9. The molecule has 1 aliphatic rings. The van der Waals surface area contributed by atoms with Gasteiger partial charge >= 0.3 is 17.9 Å². The van der Waals surface area contributed by atoms with Gasteiger partial charge in [-0.05, 0) is 36.4 Å². The molecule has 0 unspecified atom stereocenters. The van der Waals surface area contributed by atoms with Crippen molar-refractivity contribution in [1.29, 1.82) is 0 Å². The minimum Gasteiger partial charge on any atom is -0.459 e. The SMILES string of the molecule is CC(=O)N[C@@H]1[C@@H](OC(=O)c2ccccc2)[C@H](OC(=O)c2ccccc2)[C@H](COC(=O)c2ccccc2)O[C@H]1O. The van der Waals surface area contributed by atoms with Gasteiger partial charge in [0.2, 0.25) is 5.91 Å². The first-order valence-electron chi connectivity index (χ1n) is 12.2. The second kappa shape index (κ2) is 12.8. The zero-order valence-corrected chi connectivity index (χ0v) is 21.0. The second-order valence-electron chi connectivity index (χ2n) is 8.73. The number of aliphatic hydroxyl groups is 1. The molecule has 3 aromatic carbocycles. The molecule has 39 heavy (non-hydrogen) atoms. The molecule has 1 heterocycles. The van der Waals surface area contributed by atoms with Crippen LogP contribution in [0, 0.1) is 0 Å². The minimum atomic E-state index is -1.69. The summed E-state index contributed by atoms with van der Waals surface area (Å²) in [5.74, 6) is -2.79. The van der Waals surface area contributed by atoms with E-state index in [0.717, 1.165) is 0 Å². The van der Waals surface area contributed by atoms with Gasteiger partial charge in [-0.1, -0.05) is 54.6 Å². The predicted molar refractivity (Wildman–Crippen MR) is 136 cm³/mol. The van der Waals surface area contributed by atoms with E-state index in [2.05, 4.69) is 5.32 Å². The quantitative estimate of drug-likeness (QED) is 0.330. The summed E-state index contributed by atoms with van der Waals surface area (Å²) in [6.45, 7) is 0.755. The Kier molecular flexibility index (Phi) is 9.03. The first-order valence-corrected chi connectivity index (χ1v) is 12.2. The van der Waals surface area contributed by atoms with Gasteiger partial charge in [0.1, 0.15) is 18.8 Å². The van der Waals surface area contributed by atoms with Gasteiger partial charge in [-0.15, -0.1) is 0 Å². The number of ether oxygens (including phenoxy) is 4. The van der Waals surface area contributed by atoms with Crippen LogP contribution in [-0.2, 0) is 23.7 Å². The molecule has 10 nitrogen and oxygen atoms in total. The van der Waals surface area contributed by atoms with E-state index >= 15 is 0 Å². The standard InChI is InChI=1S/C29H27NO9/c1-18(31)30-23-25(39-28(34)21-15-9-4-10-16-21)24(38-27(33)20-13-7-3-8-14-20)22(37-29(23)35)17-36-26(32)19-11-5-2-6-12-19/h2-16,22-25,29,35H,17H2,1H3,(H,30,31)/t22-,23+,24+,25+,29+/m0/s1. The number of carbonyl (C=O) groups is 4. The third kappa shape index (κ3) is 7.07. The van der Waals surface area contributed by atoms with E-state index in [1.165, 1.54) is 31.2 Å². The van der Waals surface area contributed by atoms with E-state index < -0.39 is 61.1 Å². The third-order valence-electron chi connectivity index (χ3n) is 5.93.